The van der Waals surface area contributed by atoms with Crippen LogP contribution in [0, 0.1) is 17.8 Å². The smallest absolute Gasteiger partial charge is 0.410 e. The van der Waals surface area contributed by atoms with Gasteiger partial charge in [-0.05, 0) is 51.9 Å². The number of pyridine rings is 1. The van der Waals surface area contributed by atoms with Crippen LogP contribution in [-0.2, 0) is 9.53 Å². The third-order valence-corrected chi connectivity index (χ3v) is 7.40. The van der Waals surface area contributed by atoms with Crippen molar-refractivity contribution >= 4 is 40.5 Å². The van der Waals surface area contributed by atoms with E-state index in [1.807, 2.05) is 20.8 Å². The first-order valence-electron chi connectivity index (χ1n) is 11.9. The van der Waals surface area contributed by atoms with Gasteiger partial charge in [-0.15, -0.1) is 0 Å². The number of primary amides is 1. The van der Waals surface area contributed by atoms with E-state index < -0.39 is 5.60 Å². The number of aromatic amines is 1. The van der Waals surface area contributed by atoms with Crippen molar-refractivity contribution in [3.05, 3.63) is 29.2 Å². The van der Waals surface area contributed by atoms with Crippen molar-refractivity contribution < 1.29 is 14.3 Å². The maximum atomic E-state index is 12.4. The fourth-order valence-electron chi connectivity index (χ4n) is 5.51. The van der Waals surface area contributed by atoms with Crippen LogP contribution in [-0.4, -0.2) is 56.6 Å². The molecule has 2 aliphatic carbocycles. The second-order valence-electron chi connectivity index (χ2n) is 10.6. The van der Waals surface area contributed by atoms with Gasteiger partial charge >= 0.3 is 6.09 Å². The topological polar surface area (TPSA) is 126 Å². The number of carbonyl (C=O) groups is 2. The van der Waals surface area contributed by atoms with E-state index in [2.05, 4.69) is 27.4 Å². The largest absolute Gasteiger partial charge is 0.444 e. The van der Waals surface area contributed by atoms with E-state index >= 15 is 0 Å². The summed E-state index contributed by atoms with van der Waals surface area (Å²) in [7, 11) is 0. The first kappa shape index (κ1) is 23.0. The quantitative estimate of drug-likeness (QED) is 0.564. The Kier molecular flexibility index (Phi) is 5.70. The van der Waals surface area contributed by atoms with Gasteiger partial charge in [0.2, 0.25) is 5.91 Å². The van der Waals surface area contributed by atoms with Gasteiger partial charge in [0, 0.05) is 25.0 Å². The molecule has 2 bridgehead atoms. The Bertz CT molecular complexity index is 1150. The summed E-state index contributed by atoms with van der Waals surface area (Å²) in [6.07, 6.45) is 8.04. The van der Waals surface area contributed by atoms with Crippen LogP contribution in [0.5, 0.6) is 0 Å². The number of halogens is 1. The highest BCUT2D eigenvalue weighted by atomic mass is 35.5. The van der Waals surface area contributed by atoms with Gasteiger partial charge in [0.05, 0.1) is 22.8 Å². The first-order valence-corrected chi connectivity index (χ1v) is 12.2. The molecular formula is C24H31ClN6O3. The van der Waals surface area contributed by atoms with Gasteiger partial charge in [-0.3, -0.25) is 4.79 Å². The number of H-pyrrole nitrogens is 1. The molecule has 34 heavy (non-hydrogen) atoms. The number of nitrogens with two attached hydrogens (primary N) is 1. The summed E-state index contributed by atoms with van der Waals surface area (Å²) in [5.41, 5.74) is 7.20. The lowest BCUT2D eigenvalue weighted by atomic mass is 9.88. The summed E-state index contributed by atoms with van der Waals surface area (Å²) in [6.45, 7) is 6.82. The maximum Gasteiger partial charge on any atom is 0.410 e. The van der Waals surface area contributed by atoms with Crippen LogP contribution < -0.4 is 11.1 Å². The summed E-state index contributed by atoms with van der Waals surface area (Å²) in [6, 6.07) is -0.118. The van der Waals surface area contributed by atoms with Gasteiger partial charge < -0.3 is 25.7 Å². The number of nitrogens with zero attached hydrogens (tertiary/aromatic N) is 3. The van der Waals surface area contributed by atoms with Gasteiger partial charge in [0.25, 0.3) is 0 Å². The number of aromatic nitrogens is 3. The molecular weight excluding hydrogens is 456 g/mol. The van der Waals surface area contributed by atoms with Crippen LogP contribution in [0.25, 0.3) is 11.2 Å². The number of ether oxygens (including phenoxy) is 1. The molecule has 2 fully saturated rings. The minimum absolute atomic E-state index is 0.118. The molecule has 0 radical (unpaired) electrons. The van der Waals surface area contributed by atoms with Crippen LogP contribution in [0.2, 0.25) is 5.02 Å². The number of imidazole rings is 1. The van der Waals surface area contributed by atoms with E-state index in [-0.39, 0.29) is 41.7 Å². The molecule has 4 N–H and O–H groups in total. The predicted molar refractivity (Wildman–Crippen MR) is 130 cm³/mol. The lowest BCUT2D eigenvalue weighted by Crippen LogP contribution is -2.41. The van der Waals surface area contributed by atoms with Crippen molar-refractivity contribution in [3.8, 4) is 0 Å². The monoisotopic (exact) mass is 486 g/mol. The minimum Gasteiger partial charge on any atom is -0.444 e. The zero-order valence-corrected chi connectivity index (χ0v) is 20.4. The Morgan fingerprint density at radius 2 is 1.94 bits per heavy atom. The third-order valence-electron chi connectivity index (χ3n) is 7.12. The predicted octanol–water partition coefficient (Wildman–Crippen LogP) is 3.81. The van der Waals surface area contributed by atoms with E-state index in [0.717, 1.165) is 25.1 Å². The lowest BCUT2D eigenvalue weighted by Gasteiger charge is -2.32. The summed E-state index contributed by atoms with van der Waals surface area (Å²) in [5, 5.41) is 3.96. The Morgan fingerprint density at radius 3 is 2.62 bits per heavy atom. The standard InChI is InChI=1S/C24H31ClN6O3/c1-24(2,3)34-23(33)31-8-6-12(7-9-31)21-29-19-18(15(25)11-27-22(19)30-21)28-17-14-5-4-13(10-14)16(17)20(26)32/h4-5,11-14,16-17H,6-10H2,1-3H3,(H2,26,32)(H2,27,28,29,30)/t13-,14-,16-,17-/m1/s1. The summed E-state index contributed by atoms with van der Waals surface area (Å²) >= 11 is 6.54. The number of fused-ring (bicyclic) bond motifs is 3. The van der Waals surface area contributed by atoms with Gasteiger partial charge in [0.15, 0.2) is 5.65 Å². The highest BCUT2D eigenvalue weighted by molar-refractivity contribution is 6.34. The SMILES string of the molecule is CC(C)(C)OC(=O)N1CCC(c2nc3c(N[C@H]4[C@H](C(N)=O)[C@@H]5C=C[C@@H]4C5)c(Cl)cnc3[nH]2)CC1. The number of likely N-dealkylation sites (tertiary alicyclic amines) is 1. The number of rotatable bonds is 4. The van der Waals surface area contributed by atoms with Crippen LogP contribution in [0.3, 0.4) is 0 Å². The van der Waals surface area contributed by atoms with Gasteiger partial charge in [-0.1, -0.05) is 23.8 Å². The molecule has 9 nitrogen and oxygen atoms in total. The molecule has 0 unspecified atom stereocenters. The summed E-state index contributed by atoms with van der Waals surface area (Å²) in [5.74, 6) is 0.831. The Hall–Kier alpha value is -2.81. The van der Waals surface area contributed by atoms with Crippen LogP contribution in [0.15, 0.2) is 18.3 Å². The number of allylic oxidation sites excluding steroid dienone is 1. The molecule has 1 aliphatic heterocycles. The highest BCUT2D eigenvalue weighted by Gasteiger charge is 2.47. The van der Waals surface area contributed by atoms with Crippen molar-refractivity contribution in [1.29, 1.82) is 0 Å². The normalized spacial score (nSPS) is 26.9. The number of hydrogen-bond acceptors (Lipinski definition) is 6. The molecule has 1 saturated heterocycles. The zero-order valence-electron chi connectivity index (χ0n) is 19.7. The fourth-order valence-corrected chi connectivity index (χ4v) is 5.71. The highest BCUT2D eigenvalue weighted by Crippen LogP contribution is 2.46. The Labute approximate surface area is 203 Å². The molecule has 10 heteroatoms. The first-order chi connectivity index (χ1) is 16.1. The maximum absolute atomic E-state index is 12.4. The average Bonchev–Trinajstić information content (AvgIpc) is 3.49. The summed E-state index contributed by atoms with van der Waals surface area (Å²) in [4.78, 5) is 38.9. The van der Waals surface area contributed by atoms with E-state index in [0.29, 0.717) is 35.0 Å². The number of carbonyl (C=O) groups excluding carboxylic acids is 2. The van der Waals surface area contributed by atoms with E-state index in [1.54, 1.807) is 11.1 Å². The molecule has 2 amide bonds. The lowest BCUT2D eigenvalue weighted by molar-refractivity contribution is -0.122. The Balaban J connectivity index is 1.34. The number of hydrogen-bond donors (Lipinski definition) is 3. The minimum atomic E-state index is -0.511. The number of amides is 2. The molecule has 3 aliphatic rings. The van der Waals surface area contributed by atoms with Gasteiger partial charge in [-0.25, -0.2) is 14.8 Å². The van der Waals surface area contributed by atoms with E-state index in [9.17, 15) is 9.59 Å². The zero-order chi connectivity index (χ0) is 24.2. The number of anilines is 1. The third kappa shape index (κ3) is 4.21. The molecule has 0 aromatic carbocycles. The molecule has 5 rings (SSSR count). The molecule has 2 aromatic rings. The number of piperidine rings is 1. The molecule has 4 atom stereocenters. The number of nitrogens with one attached hydrogen (secondary N) is 2. The van der Waals surface area contributed by atoms with Gasteiger partial charge in [0.1, 0.15) is 16.9 Å². The molecule has 3 heterocycles. The van der Waals surface area contributed by atoms with Crippen molar-refractivity contribution in [1.82, 2.24) is 19.9 Å². The van der Waals surface area contributed by atoms with Crippen LogP contribution in [0.1, 0.15) is 51.8 Å². The molecule has 1 saturated carbocycles. The fraction of sp³-hybridized carbons (Fsp3) is 0.583. The summed E-state index contributed by atoms with van der Waals surface area (Å²) < 4.78 is 5.50. The van der Waals surface area contributed by atoms with Crippen LogP contribution in [0.4, 0.5) is 10.5 Å². The van der Waals surface area contributed by atoms with Crippen molar-refractivity contribution in [3.63, 3.8) is 0 Å². The Morgan fingerprint density at radius 1 is 1.24 bits per heavy atom. The average molecular weight is 487 g/mol. The second-order valence-corrected chi connectivity index (χ2v) is 11.0. The second kappa shape index (κ2) is 8.45. The van der Waals surface area contributed by atoms with Crippen molar-refractivity contribution in [2.24, 2.45) is 23.5 Å². The van der Waals surface area contributed by atoms with E-state index in [4.69, 9.17) is 27.1 Å². The van der Waals surface area contributed by atoms with Crippen molar-refractivity contribution in [2.75, 3.05) is 18.4 Å². The van der Waals surface area contributed by atoms with E-state index in [1.165, 1.54) is 0 Å². The van der Waals surface area contributed by atoms with Crippen molar-refractivity contribution in [2.45, 2.75) is 57.6 Å². The molecule has 2 aromatic heterocycles. The molecule has 0 spiro atoms. The van der Waals surface area contributed by atoms with Crippen LogP contribution >= 0.6 is 11.6 Å². The molecule has 182 valence electrons. The van der Waals surface area contributed by atoms with Gasteiger partial charge in [-0.2, -0.15) is 0 Å².